The number of oxazole rings is 3. The zero-order valence-electron chi connectivity index (χ0n) is 22.6. The highest BCUT2D eigenvalue weighted by atomic mass is 32.1. The van der Waals surface area contributed by atoms with Crippen molar-refractivity contribution in [1.82, 2.24) is 15.0 Å². The minimum atomic E-state index is 0.0796. The van der Waals surface area contributed by atoms with Crippen LogP contribution < -0.4 is 0 Å². The van der Waals surface area contributed by atoms with Crippen molar-refractivity contribution in [2.24, 2.45) is 0 Å². The van der Waals surface area contributed by atoms with Crippen LogP contribution in [0.3, 0.4) is 0 Å². The lowest BCUT2D eigenvalue weighted by Gasteiger charge is -2.11. The maximum atomic E-state index is 6.27. The molecule has 5 aromatic heterocycles. The lowest BCUT2D eigenvalue weighted by molar-refractivity contribution is 0.579. The Morgan fingerprint density at radius 2 is 1.07 bits per heavy atom. The van der Waals surface area contributed by atoms with Crippen LogP contribution in [0.2, 0.25) is 0 Å². The number of benzene rings is 4. The normalized spacial score (nSPS) is 15.0. The van der Waals surface area contributed by atoms with Gasteiger partial charge in [0.15, 0.2) is 16.7 Å². The van der Waals surface area contributed by atoms with Gasteiger partial charge in [-0.25, -0.2) is 15.0 Å². The number of thiophene rings is 2. The smallest absolute Gasteiger partial charge is 0.237 e. The first-order valence-corrected chi connectivity index (χ1v) is 15.6. The molecule has 1 atom stereocenters. The third kappa shape index (κ3) is 3.36. The molecule has 0 saturated heterocycles. The van der Waals surface area contributed by atoms with E-state index in [9.17, 15) is 0 Å². The van der Waals surface area contributed by atoms with Gasteiger partial charge in [0, 0.05) is 26.3 Å². The van der Waals surface area contributed by atoms with E-state index in [2.05, 4.69) is 25.1 Å². The zero-order valence-corrected chi connectivity index (χ0v) is 24.3. The highest BCUT2D eigenvalue weighted by molar-refractivity contribution is 7.26. The Morgan fingerprint density at radius 3 is 1.65 bits per heavy atom. The Bertz CT molecular complexity index is 2510. The molecule has 8 heteroatoms. The summed E-state index contributed by atoms with van der Waals surface area (Å²) in [7, 11) is 0. The van der Waals surface area contributed by atoms with Crippen LogP contribution in [0, 0.1) is 0 Å². The molecule has 0 radical (unpaired) electrons. The van der Waals surface area contributed by atoms with Crippen molar-refractivity contribution < 1.29 is 13.3 Å². The molecule has 0 aliphatic heterocycles. The molecule has 5 heterocycles. The maximum Gasteiger partial charge on any atom is 0.237 e. The van der Waals surface area contributed by atoms with Crippen LogP contribution in [0.1, 0.15) is 29.9 Å². The second-order valence-electron chi connectivity index (χ2n) is 10.8. The van der Waals surface area contributed by atoms with Crippen LogP contribution in [-0.2, 0) is 0 Å². The van der Waals surface area contributed by atoms with E-state index in [4.69, 9.17) is 28.2 Å². The molecular formula is C35H19N3O3S2. The Morgan fingerprint density at radius 1 is 0.581 bits per heavy atom. The van der Waals surface area contributed by atoms with E-state index in [1.54, 1.807) is 22.7 Å². The van der Waals surface area contributed by atoms with E-state index in [0.717, 1.165) is 48.6 Å². The molecule has 0 amide bonds. The fraction of sp³-hybridized carbons (Fsp3) is 0.0571. The van der Waals surface area contributed by atoms with Crippen molar-refractivity contribution >= 4 is 87.8 Å². The van der Waals surface area contributed by atoms with Gasteiger partial charge in [-0.05, 0) is 71.1 Å². The molecule has 43 heavy (non-hydrogen) atoms. The van der Waals surface area contributed by atoms with Crippen molar-refractivity contribution in [3.05, 3.63) is 102 Å². The Balaban J connectivity index is 1.23. The second-order valence-corrected chi connectivity index (χ2v) is 12.9. The minimum Gasteiger partial charge on any atom is -0.436 e. The molecule has 10 rings (SSSR count). The number of aromatic nitrogens is 3. The molecule has 0 spiro atoms. The average Bonchev–Trinajstić information content (AvgIpc) is 3.86. The highest BCUT2D eigenvalue weighted by Crippen LogP contribution is 2.53. The van der Waals surface area contributed by atoms with Crippen molar-refractivity contribution in [2.75, 3.05) is 0 Å². The van der Waals surface area contributed by atoms with Crippen molar-refractivity contribution in [3.63, 3.8) is 0 Å². The van der Waals surface area contributed by atoms with Crippen LogP contribution in [-0.4, -0.2) is 15.0 Å². The fourth-order valence-electron chi connectivity index (χ4n) is 6.27. The van der Waals surface area contributed by atoms with Crippen LogP contribution in [0.4, 0.5) is 0 Å². The first-order valence-electron chi connectivity index (χ1n) is 14.0. The van der Waals surface area contributed by atoms with Gasteiger partial charge >= 0.3 is 0 Å². The third-order valence-electron chi connectivity index (χ3n) is 8.28. The summed E-state index contributed by atoms with van der Waals surface area (Å²) in [6, 6.07) is 28.2. The van der Waals surface area contributed by atoms with Crippen LogP contribution in [0.5, 0.6) is 0 Å². The topological polar surface area (TPSA) is 78.1 Å². The van der Waals surface area contributed by atoms with Crippen molar-refractivity contribution in [3.8, 4) is 21.5 Å². The Hall–Kier alpha value is -5.05. The largest absolute Gasteiger partial charge is 0.436 e. The van der Waals surface area contributed by atoms with Gasteiger partial charge in [0.25, 0.3) is 0 Å². The monoisotopic (exact) mass is 593 g/mol. The summed E-state index contributed by atoms with van der Waals surface area (Å²) in [5.74, 6) is 2.01. The Kier molecular flexibility index (Phi) is 4.65. The quantitative estimate of drug-likeness (QED) is 0.203. The summed E-state index contributed by atoms with van der Waals surface area (Å²) >= 11 is 3.43. The predicted octanol–water partition coefficient (Wildman–Crippen LogP) is 10.5. The summed E-state index contributed by atoms with van der Waals surface area (Å²) in [4.78, 5) is 16.5. The zero-order chi connectivity index (χ0) is 28.2. The van der Waals surface area contributed by atoms with Gasteiger partial charge in [0.05, 0.1) is 9.75 Å². The van der Waals surface area contributed by atoms with E-state index < -0.39 is 0 Å². The number of nitrogens with zero attached hydrogens (tertiary/aromatic N) is 3. The molecule has 1 unspecified atom stereocenters. The number of fused-ring (bicyclic) bond motifs is 9. The second kappa shape index (κ2) is 8.50. The highest BCUT2D eigenvalue weighted by Gasteiger charge is 2.32. The molecular weight excluding hydrogens is 575 g/mol. The lowest BCUT2D eigenvalue weighted by atomic mass is 9.93. The number of hydrogen-bond donors (Lipinski definition) is 0. The molecule has 0 saturated carbocycles. The van der Waals surface area contributed by atoms with Crippen molar-refractivity contribution in [2.45, 2.75) is 12.8 Å². The lowest BCUT2D eigenvalue weighted by Crippen LogP contribution is -1.94. The van der Waals surface area contributed by atoms with Gasteiger partial charge in [-0.2, -0.15) is 0 Å². The van der Waals surface area contributed by atoms with E-state index >= 15 is 0 Å². The van der Waals surface area contributed by atoms with Gasteiger partial charge in [-0.1, -0.05) is 43.3 Å². The summed E-state index contributed by atoms with van der Waals surface area (Å²) < 4.78 is 21.1. The van der Waals surface area contributed by atoms with Crippen LogP contribution in [0.15, 0.2) is 98.2 Å². The molecule has 1 aliphatic carbocycles. The average molecular weight is 594 g/mol. The fourth-order valence-corrected chi connectivity index (χ4v) is 8.58. The van der Waals surface area contributed by atoms with Gasteiger partial charge in [-0.15, -0.1) is 22.7 Å². The number of para-hydroxylation sites is 6. The number of allylic oxidation sites excluding steroid dienone is 1. The molecule has 204 valence electrons. The van der Waals surface area contributed by atoms with Gasteiger partial charge in [0.1, 0.15) is 16.6 Å². The van der Waals surface area contributed by atoms with E-state index in [1.807, 2.05) is 72.8 Å². The van der Waals surface area contributed by atoms with Gasteiger partial charge in [0.2, 0.25) is 17.7 Å². The first-order chi connectivity index (χ1) is 21.2. The number of rotatable bonds is 3. The van der Waals surface area contributed by atoms with Gasteiger partial charge < -0.3 is 13.3 Å². The third-order valence-corrected chi connectivity index (χ3v) is 10.6. The van der Waals surface area contributed by atoms with Gasteiger partial charge in [-0.3, -0.25) is 0 Å². The molecule has 1 aliphatic rings. The van der Waals surface area contributed by atoms with E-state index in [1.165, 1.54) is 31.3 Å². The van der Waals surface area contributed by atoms with Crippen molar-refractivity contribution in [1.29, 1.82) is 0 Å². The number of hydrogen-bond acceptors (Lipinski definition) is 8. The molecule has 6 nitrogen and oxygen atoms in total. The SMILES string of the molecule is CC1C(c2nc3ccccc3o2)=Cc2c1c1cc(-c3nc4ccccc4o3)sc1c1cc(-c3nc4ccccc4o3)sc21. The minimum absolute atomic E-state index is 0.0796. The molecule has 0 fully saturated rings. The molecule has 4 aromatic carbocycles. The maximum absolute atomic E-state index is 6.27. The molecule has 9 aromatic rings. The molecule has 0 N–H and O–H groups in total. The summed E-state index contributed by atoms with van der Waals surface area (Å²) in [5, 5.41) is 2.37. The standard InChI is InChI=1S/C35H19N3O3S2/c1-17-18(33-36-22-8-2-5-11-25(22)39-33)14-19-30(17)20-15-28(34-37-23-9-3-6-12-26(23)40-34)42-32(20)21-16-29(43-31(19)21)35-38-24-10-4-7-13-27(24)41-35/h2-17H,1H3. The van der Waals surface area contributed by atoms with Crippen LogP contribution >= 0.6 is 22.7 Å². The van der Waals surface area contributed by atoms with E-state index in [0.29, 0.717) is 17.7 Å². The summed E-state index contributed by atoms with van der Waals surface area (Å²) in [6.45, 7) is 2.24. The Labute approximate surface area is 251 Å². The predicted molar refractivity (Wildman–Crippen MR) is 174 cm³/mol. The van der Waals surface area contributed by atoms with E-state index in [-0.39, 0.29) is 5.92 Å². The summed E-state index contributed by atoms with van der Waals surface area (Å²) in [5.41, 5.74) is 8.47. The first kappa shape index (κ1) is 23.5. The summed E-state index contributed by atoms with van der Waals surface area (Å²) in [6.07, 6.45) is 2.26. The molecule has 0 bridgehead atoms. The van der Waals surface area contributed by atoms with Crippen LogP contribution in [0.25, 0.3) is 86.7 Å².